The van der Waals surface area contributed by atoms with Crippen LogP contribution in [0.25, 0.3) is 0 Å². The molecule has 0 fully saturated rings. The standard InChI is InChI=1S/C18H36NO2.BrH/c1-6-7-8-9-10-11-12-13-14-15-16-19(4,5)21-18(20)17(2)3;/h2,6-16H2,1,3-5H3;1H/q+1;/p-1. The maximum atomic E-state index is 11.5. The molecule has 0 saturated carbocycles. The van der Waals surface area contributed by atoms with E-state index >= 15 is 0 Å². The monoisotopic (exact) mass is 377 g/mol. The van der Waals surface area contributed by atoms with E-state index in [9.17, 15) is 4.79 Å². The van der Waals surface area contributed by atoms with Crippen LogP contribution in [0.2, 0.25) is 0 Å². The number of halogens is 1. The minimum absolute atomic E-state index is 0. The second-order valence-corrected chi connectivity index (χ2v) is 6.64. The highest BCUT2D eigenvalue weighted by Crippen LogP contribution is 2.12. The fourth-order valence-electron chi connectivity index (χ4n) is 2.33. The molecule has 3 nitrogen and oxygen atoms in total. The Morgan fingerprint density at radius 3 is 1.73 bits per heavy atom. The van der Waals surface area contributed by atoms with E-state index in [0.717, 1.165) is 13.0 Å². The van der Waals surface area contributed by atoms with Crippen molar-refractivity contribution in [1.82, 2.24) is 0 Å². The molecule has 0 heterocycles. The summed E-state index contributed by atoms with van der Waals surface area (Å²) >= 11 is 0. The van der Waals surface area contributed by atoms with Crippen molar-refractivity contribution < 1.29 is 31.3 Å². The Hall–Kier alpha value is -0.350. The zero-order chi connectivity index (χ0) is 16.1. The van der Waals surface area contributed by atoms with Crippen molar-refractivity contribution in [2.45, 2.75) is 78.1 Å². The maximum absolute atomic E-state index is 11.5. The Kier molecular flexibility index (Phi) is 15.5. The van der Waals surface area contributed by atoms with Crippen molar-refractivity contribution in [3.63, 3.8) is 0 Å². The molecule has 0 unspecified atom stereocenters. The minimum Gasteiger partial charge on any atom is -1.00 e. The molecule has 0 bridgehead atoms. The van der Waals surface area contributed by atoms with Crippen molar-refractivity contribution in [2.75, 3.05) is 20.6 Å². The predicted molar refractivity (Wildman–Crippen MR) is 89.7 cm³/mol. The highest BCUT2D eigenvalue weighted by atomic mass is 79.9. The molecular weight excluding hydrogens is 342 g/mol. The summed E-state index contributed by atoms with van der Waals surface area (Å²) in [4.78, 5) is 16.9. The summed E-state index contributed by atoms with van der Waals surface area (Å²) in [6.45, 7) is 8.42. The number of carbonyl (C=O) groups is 1. The third-order valence-corrected chi connectivity index (χ3v) is 3.73. The van der Waals surface area contributed by atoms with Gasteiger partial charge in [0.2, 0.25) is 0 Å². The third-order valence-electron chi connectivity index (χ3n) is 3.73. The average Bonchev–Trinajstić information content (AvgIpc) is 2.40. The Morgan fingerprint density at radius 1 is 0.909 bits per heavy atom. The van der Waals surface area contributed by atoms with Crippen LogP contribution in [-0.4, -0.2) is 31.3 Å². The molecule has 22 heavy (non-hydrogen) atoms. The number of rotatable bonds is 13. The van der Waals surface area contributed by atoms with Crippen molar-refractivity contribution >= 4 is 5.97 Å². The molecule has 0 aromatic heterocycles. The lowest BCUT2D eigenvalue weighted by Crippen LogP contribution is -3.00. The number of quaternary nitrogens is 1. The second-order valence-electron chi connectivity index (χ2n) is 6.64. The van der Waals surface area contributed by atoms with Gasteiger partial charge in [0.1, 0.15) is 20.6 Å². The first-order chi connectivity index (χ1) is 9.89. The number of carbonyl (C=O) groups excluding carboxylic acids is 1. The molecule has 0 saturated heterocycles. The van der Waals surface area contributed by atoms with Gasteiger partial charge in [-0.15, -0.1) is 4.65 Å². The molecule has 0 amide bonds. The topological polar surface area (TPSA) is 26.3 Å². The van der Waals surface area contributed by atoms with Crippen molar-refractivity contribution in [3.05, 3.63) is 12.2 Å². The average molecular weight is 378 g/mol. The molecule has 0 rings (SSSR count). The van der Waals surface area contributed by atoms with Crippen LogP contribution in [-0.2, 0) is 9.63 Å². The van der Waals surface area contributed by atoms with Gasteiger partial charge < -0.3 is 17.0 Å². The molecule has 0 spiro atoms. The molecule has 4 heteroatoms. The fourth-order valence-corrected chi connectivity index (χ4v) is 2.33. The van der Waals surface area contributed by atoms with E-state index in [1.54, 1.807) is 6.92 Å². The summed E-state index contributed by atoms with van der Waals surface area (Å²) in [7, 11) is 3.85. The van der Waals surface area contributed by atoms with Gasteiger partial charge in [0.05, 0.1) is 0 Å². The van der Waals surface area contributed by atoms with Crippen LogP contribution in [0.15, 0.2) is 12.2 Å². The number of nitrogens with zero attached hydrogens (tertiary/aromatic N) is 1. The SMILES string of the molecule is C=C(C)C(=O)O[N+](C)(C)CCCCCCCCCCCC.[Br-]. The van der Waals surface area contributed by atoms with E-state index < -0.39 is 0 Å². The first-order valence-electron chi connectivity index (χ1n) is 8.61. The Balaban J connectivity index is 0. The molecule has 0 radical (unpaired) electrons. The highest BCUT2D eigenvalue weighted by Gasteiger charge is 2.21. The minimum atomic E-state index is -0.299. The molecule has 0 aliphatic rings. The first-order valence-corrected chi connectivity index (χ1v) is 8.61. The van der Waals surface area contributed by atoms with Crippen molar-refractivity contribution in [3.8, 4) is 0 Å². The zero-order valence-electron chi connectivity index (χ0n) is 15.1. The normalized spacial score (nSPS) is 10.9. The van der Waals surface area contributed by atoms with Gasteiger partial charge in [-0.05, 0) is 13.3 Å². The van der Waals surface area contributed by atoms with Gasteiger partial charge in [0, 0.05) is 12.0 Å². The number of hydroxylamine groups is 3. The molecule has 0 aliphatic carbocycles. The summed E-state index contributed by atoms with van der Waals surface area (Å²) in [6.07, 6.45) is 13.2. The lowest BCUT2D eigenvalue weighted by molar-refractivity contribution is -1.06. The van der Waals surface area contributed by atoms with Crippen LogP contribution < -0.4 is 17.0 Å². The Morgan fingerprint density at radius 2 is 1.32 bits per heavy atom. The summed E-state index contributed by atoms with van der Waals surface area (Å²) in [5.74, 6) is -0.299. The van der Waals surface area contributed by atoms with Crippen LogP contribution in [0, 0.1) is 0 Å². The third kappa shape index (κ3) is 14.6. The lowest BCUT2D eigenvalue weighted by atomic mass is 10.1. The molecular formula is C18H36BrNO2. The van der Waals surface area contributed by atoms with Crippen LogP contribution >= 0.6 is 0 Å². The van der Waals surface area contributed by atoms with Crippen LogP contribution in [0.1, 0.15) is 78.1 Å². The smallest absolute Gasteiger partial charge is 0.392 e. The highest BCUT2D eigenvalue weighted by molar-refractivity contribution is 5.86. The van der Waals surface area contributed by atoms with Crippen LogP contribution in [0.3, 0.4) is 0 Å². The Bertz CT molecular complexity index is 303. The lowest BCUT2D eigenvalue weighted by Gasteiger charge is -2.26. The summed E-state index contributed by atoms with van der Waals surface area (Å²) in [5, 5.41) is 0. The predicted octanol–water partition coefficient (Wildman–Crippen LogP) is 2.02. The van der Waals surface area contributed by atoms with Gasteiger partial charge in [-0.25, -0.2) is 4.79 Å². The fraction of sp³-hybridized carbons (Fsp3) is 0.833. The van der Waals surface area contributed by atoms with Gasteiger partial charge in [0.25, 0.3) is 0 Å². The van der Waals surface area contributed by atoms with Gasteiger partial charge >= 0.3 is 5.97 Å². The van der Waals surface area contributed by atoms with Crippen molar-refractivity contribution in [1.29, 1.82) is 0 Å². The van der Waals surface area contributed by atoms with Gasteiger partial charge in [-0.1, -0.05) is 64.9 Å². The number of hydrogen-bond donors (Lipinski definition) is 0. The molecule has 0 aromatic carbocycles. The molecule has 0 aliphatic heterocycles. The summed E-state index contributed by atoms with van der Waals surface area (Å²) in [5.41, 5.74) is 0.462. The van der Waals surface area contributed by atoms with E-state index in [1.807, 2.05) is 14.1 Å². The van der Waals surface area contributed by atoms with Gasteiger partial charge in [-0.3, -0.25) is 4.84 Å². The maximum Gasteiger partial charge on any atom is 0.392 e. The van der Waals surface area contributed by atoms with E-state index in [0.29, 0.717) is 10.2 Å². The molecule has 0 atom stereocenters. The first kappa shape index (κ1) is 23.9. The number of hydrogen-bond acceptors (Lipinski definition) is 2. The van der Waals surface area contributed by atoms with E-state index in [1.165, 1.54) is 57.8 Å². The van der Waals surface area contributed by atoms with Crippen LogP contribution in [0.4, 0.5) is 0 Å². The Labute approximate surface area is 148 Å². The van der Waals surface area contributed by atoms with Crippen molar-refractivity contribution in [2.24, 2.45) is 0 Å². The zero-order valence-corrected chi connectivity index (χ0v) is 16.7. The number of unbranched alkanes of at least 4 members (excludes halogenated alkanes) is 9. The summed E-state index contributed by atoms with van der Waals surface area (Å²) in [6, 6.07) is 0. The quantitative estimate of drug-likeness (QED) is 0.212. The van der Waals surface area contributed by atoms with Crippen LogP contribution in [0.5, 0.6) is 0 Å². The second kappa shape index (κ2) is 14.3. The molecule has 132 valence electrons. The largest absolute Gasteiger partial charge is 1.00 e. The van der Waals surface area contributed by atoms with Gasteiger partial charge in [0.15, 0.2) is 0 Å². The van der Waals surface area contributed by atoms with E-state index in [-0.39, 0.29) is 23.0 Å². The van der Waals surface area contributed by atoms with Gasteiger partial charge in [-0.2, -0.15) is 0 Å². The molecule has 0 aromatic rings. The van der Waals surface area contributed by atoms with E-state index in [2.05, 4.69) is 13.5 Å². The molecule has 0 N–H and O–H groups in total. The summed E-state index contributed by atoms with van der Waals surface area (Å²) < 4.78 is 0.294. The van der Waals surface area contributed by atoms with E-state index in [4.69, 9.17) is 4.84 Å².